The Balaban J connectivity index is 2.19. The maximum Gasteiger partial charge on any atom is 0.417 e. The van der Waals surface area contributed by atoms with Gasteiger partial charge in [-0.1, -0.05) is 30.3 Å². The van der Waals surface area contributed by atoms with E-state index in [1.807, 2.05) is 30.3 Å². The fourth-order valence-electron chi connectivity index (χ4n) is 2.19. The van der Waals surface area contributed by atoms with E-state index in [2.05, 4.69) is 0 Å². The van der Waals surface area contributed by atoms with Gasteiger partial charge in [0.1, 0.15) is 5.60 Å². The second-order valence-corrected chi connectivity index (χ2v) is 6.04. The summed E-state index contributed by atoms with van der Waals surface area (Å²) in [6, 6.07) is 9.10. The number of hydrogen-bond acceptors (Lipinski definition) is 4. The Bertz CT molecular complexity index is 573. The summed E-state index contributed by atoms with van der Waals surface area (Å²) >= 11 is 0. The van der Waals surface area contributed by atoms with E-state index in [1.165, 1.54) is 6.08 Å². The Labute approximate surface area is 124 Å². The molecule has 0 unspecified atom stereocenters. The van der Waals surface area contributed by atoms with Crippen molar-refractivity contribution in [1.82, 2.24) is 4.90 Å². The van der Waals surface area contributed by atoms with Crippen LogP contribution in [0.2, 0.25) is 0 Å². The van der Waals surface area contributed by atoms with Crippen LogP contribution in [0, 0.1) is 0 Å². The van der Waals surface area contributed by atoms with Crippen molar-refractivity contribution in [2.75, 3.05) is 0 Å². The molecule has 1 atom stereocenters. The number of rotatable bonds is 2. The highest BCUT2D eigenvalue weighted by Crippen LogP contribution is 2.23. The van der Waals surface area contributed by atoms with E-state index in [4.69, 9.17) is 10.5 Å². The van der Waals surface area contributed by atoms with E-state index in [1.54, 1.807) is 20.8 Å². The van der Waals surface area contributed by atoms with Crippen molar-refractivity contribution in [3.05, 3.63) is 47.7 Å². The Morgan fingerprint density at radius 3 is 2.48 bits per heavy atom. The molecule has 2 amide bonds. The summed E-state index contributed by atoms with van der Waals surface area (Å²) in [5.41, 5.74) is 6.63. The number of nitrogens with two attached hydrogens (primary N) is 1. The van der Waals surface area contributed by atoms with Crippen molar-refractivity contribution in [2.45, 2.75) is 38.8 Å². The molecular formula is C16H20N2O3. The second kappa shape index (κ2) is 5.60. The lowest BCUT2D eigenvalue weighted by Gasteiger charge is -2.28. The maximum atomic E-state index is 12.2. The third-order valence-electron chi connectivity index (χ3n) is 3.09. The van der Waals surface area contributed by atoms with Crippen LogP contribution in [-0.4, -0.2) is 28.5 Å². The molecule has 2 N–H and O–H groups in total. The molecule has 0 saturated heterocycles. The van der Waals surface area contributed by atoms with Crippen LogP contribution in [-0.2, 0) is 16.0 Å². The fraction of sp³-hybridized carbons (Fsp3) is 0.375. The van der Waals surface area contributed by atoms with Crippen LogP contribution in [0.15, 0.2) is 42.1 Å². The predicted octanol–water partition coefficient (Wildman–Crippen LogP) is 2.22. The Kier molecular flexibility index (Phi) is 4.02. The van der Waals surface area contributed by atoms with Crippen LogP contribution >= 0.6 is 0 Å². The van der Waals surface area contributed by atoms with Gasteiger partial charge in [0.2, 0.25) is 0 Å². The van der Waals surface area contributed by atoms with Crippen LogP contribution in [0.3, 0.4) is 0 Å². The summed E-state index contributed by atoms with van der Waals surface area (Å²) in [7, 11) is 0. The Morgan fingerprint density at radius 2 is 1.90 bits per heavy atom. The molecule has 1 aliphatic heterocycles. The SMILES string of the molecule is CC(C)(C)OC(=O)N1C(=O)C=C(N)[C@@H]1Cc1ccccc1. The zero-order valence-corrected chi connectivity index (χ0v) is 12.5. The van der Waals surface area contributed by atoms with Crippen LogP contribution in [0.4, 0.5) is 4.79 Å². The summed E-state index contributed by atoms with van der Waals surface area (Å²) in [5, 5.41) is 0. The number of benzene rings is 1. The topological polar surface area (TPSA) is 72.6 Å². The molecule has 5 nitrogen and oxygen atoms in total. The number of nitrogens with zero attached hydrogens (tertiary/aromatic N) is 1. The molecule has 0 aromatic heterocycles. The van der Waals surface area contributed by atoms with Gasteiger partial charge in [-0.25, -0.2) is 9.69 Å². The summed E-state index contributed by atoms with van der Waals surface area (Å²) in [6.07, 6.45) is 1.11. The molecule has 1 aliphatic rings. The largest absolute Gasteiger partial charge is 0.443 e. The van der Waals surface area contributed by atoms with E-state index in [9.17, 15) is 9.59 Å². The van der Waals surface area contributed by atoms with Crippen LogP contribution in [0.1, 0.15) is 26.3 Å². The van der Waals surface area contributed by atoms with Crippen molar-refractivity contribution in [1.29, 1.82) is 0 Å². The van der Waals surface area contributed by atoms with Crippen LogP contribution < -0.4 is 5.73 Å². The maximum absolute atomic E-state index is 12.2. The Hall–Kier alpha value is -2.30. The van der Waals surface area contributed by atoms with Gasteiger partial charge in [0.15, 0.2) is 0 Å². The zero-order chi connectivity index (χ0) is 15.6. The number of carbonyl (C=O) groups is 2. The molecule has 1 aromatic rings. The van der Waals surface area contributed by atoms with Crippen molar-refractivity contribution in [2.24, 2.45) is 5.73 Å². The highest BCUT2D eigenvalue weighted by atomic mass is 16.6. The predicted molar refractivity (Wildman–Crippen MR) is 79.3 cm³/mol. The molecule has 0 aliphatic carbocycles. The first-order valence-electron chi connectivity index (χ1n) is 6.85. The van der Waals surface area contributed by atoms with Gasteiger partial charge < -0.3 is 10.5 Å². The molecule has 0 saturated carbocycles. The van der Waals surface area contributed by atoms with Gasteiger partial charge >= 0.3 is 6.09 Å². The third-order valence-corrected chi connectivity index (χ3v) is 3.09. The van der Waals surface area contributed by atoms with Crippen LogP contribution in [0.25, 0.3) is 0 Å². The molecule has 0 bridgehead atoms. The van der Waals surface area contributed by atoms with Gasteiger partial charge in [-0.2, -0.15) is 0 Å². The van der Waals surface area contributed by atoms with Crippen molar-refractivity contribution in [3.8, 4) is 0 Å². The molecule has 2 rings (SSSR count). The summed E-state index contributed by atoms with van der Waals surface area (Å²) in [6.45, 7) is 5.28. The third kappa shape index (κ3) is 3.62. The molecule has 0 spiro atoms. The van der Waals surface area contributed by atoms with Crippen molar-refractivity contribution < 1.29 is 14.3 Å². The zero-order valence-electron chi connectivity index (χ0n) is 12.5. The molecule has 21 heavy (non-hydrogen) atoms. The first kappa shape index (κ1) is 15.1. The van der Waals surface area contributed by atoms with Gasteiger partial charge in [0.05, 0.1) is 6.04 Å². The number of amides is 2. The summed E-state index contributed by atoms with van der Waals surface area (Å²) in [5.74, 6) is -0.428. The quantitative estimate of drug-likeness (QED) is 0.905. The lowest BCUT2D eigenvalue weighted by molar-refractivity contribution is -0.125. The number of ether oxygens (including phenoxy) is 1. The number of imide groups is 1. The lowest BCUT2D eigenvalue weighted by Crippen LogP contribution is -2.45. The van der Waals surface area contributed by atoms with E-state index in [-0.39, 0.29) is 0 Å². The molecule has 1 aromatic carbocycles. The van der Waals surface area contributed by atoms with E-state index in [0.29, 0.717) is 12.1 Å². The number of carbonyl (C=O) groups excluding carboxylic acids is 2. The first-order chi connectivity index (χ1) is 9.78. The van der Waals surface area contributed by atoms with Gasteiger partial charge in [-0.05, 0) is 32.8 Å². The molecule has 112 valence electrons. The minimum Gasteiger partial charge on any atom is -0.443 e. The number of hydrogen-bond donors (Lipinski definition) is 1. The van der Waals surface area contributed by atoms with E-state index < -0.39 is 23.6 Å². The Morgan fingerprint density at radius 1 is 1.29 bits per heavy atom. The average Bonchev–Trinajstić information content (AvgIpc) is 2.63. The highest BCUT2D eigenvalue weighted by molar-refractivity contribution is 6.02. The monoisotopic (exact) mass is 288 g/mol. The fourth-order valence-corrected chi connectivity index (χ4v) is 2.19. The van der Waals surface area contributed by atoms with Gasteiger partial charge in [-0.15, -0.1) is 0 Å². The molecular weight excluding hydrogens is 268 g/mol. The van der Waals surface area contributed by atoms with Crippen molar-refractivity contribution >= 4 is 12.0 Å². The molecule has 1 heterocycles. The summed E-state index contributed by atoms with van der Waals surface area (Å²) in [4.78, 5) is 25.3. The minimum atomic E-state index is -0.662. The van der Waals surface area contributed by atoms with Gasteiger partial charge in [0.25, 0.3) is 5.91 Å². The van der Waals surface area contributed by atoms with Gasteiger partial charge in [0, 0.05) is 11.8 Å². The second-order valence-electron chi connectivity index (χ2n) is 6.04. The van der Waals surface area contributed by atoms with E-state index >= 15 is 0 Å². The van der Waals surface area contributed by atoms with E-state index in [0.717, 1.165) is 10.5 Å². The summed E-state index contributed by atoms with van der Waals surface area (Å²) < 4.78 is 5.29. The molecule has 0 fully saturated rings. The van der Waals surface area contributed by atoms with Crippen LogP contribution in [0.5, 0.6) is 0 Å². The lowest BCUT2D eigenvalue weighted by atomic mass is 10.0. The average molecular weight is 288 g/mol. The molecule has 0 radical (unpaired) electrons. The minimum absolute atomic E-state index is 0.384. The highest BCUT2D eigenvalue weighted by Gasteiger charge is 2.38. The standard InChI is InChI=1S/C16H20N2O3/c1-16(2,3)21-15(20)18-13(12(17)10-14(18)19)9-11-7-5-4-6-8-11/h4-8,10,13H,9,17H2,1-3H3/t13-/m0/s1. The van der Waals surface area contributed by atoms with Gasteiger partial charge in [-0.3, -0.25) is 4.79 Å². The smallest absolute Gasteiger partial charge is 0.417 e. The van der Waals surface area contributed by atoms with Crippen molar-refractivity contribution in [3.63, 3.8) is 0 Å². The normalized spacial score (nSPS) is 18.6. The first-order valence-corrected chi connectivity index (χ1v) is 6.85. The molecule has 5 heteroatoms.